The summed E-state index contributed by atoms with van der Waals surface area (Å²) in [6.07, 6.45) is 0.285. The molecule has 2 rings (SSSR count). The monoisotopic (exact) mass is 369 g/mol. The second kappa shape index (κ2) is 8.16. The number of piperazine rings is 1. The van der Waals surface area contributed by atoms with Crippen molar-refractivity contribution in [2.45, 2.75) is 20.3 Å². The normalized spacial score (nSPS) is 16.3. The van der Waals surface area contributed by atoms with Gasteiger partial charge in [-0.3, -0.25) is 4.79 Å². The van der Waals surface area contributed by atoms with Crippen molar-refractivity contribution in [2.24, 2.45) is 0 Å². The number of amides is 1. The zero-order valence-electron chi connectivity index (χ0n) is 15.4. The molecule has 1 amide bonds. The highest BCUT2D eigenvalue weighted by atomic mass is 32.2. The van der Waals surface area contributed by atoms with Crippen molar-refractivity contribution in [1.29, 1.82) is 0 Å². The highest BCUT2D eigenvalue weighted by molar-refractivity contribution is 7.86. The molecule has 1 fully saturated rings. The highest BCUT2D eigenvalue weighted by Gasteiger charge is 2.29. The minimum atomic E-state index is -3.41. The van der Waals surface area contributed by atoms with Crippen LogP contribution in [0.5, 0.6) is 5.75 Å². The number of carbonyl (C=O) groups excluding carboxylic acids is 1. The number of ether oxygens (including phenoxy) is 1. The molecular weight excluding hydrogens is 342 g/mol. The molecule has 0 aromatic heterocycles. The molecule has 0 bridgehead atoms. The molecule has 0 spiro atoms. The van der Waals surface area contributed by atoms with Gasteiger partial charge in [0.25, 0.3) is 10.2 Å². The van der Waals surface area contributed by atoms with E-state index in [-0.39, 0.29) is 12.3 Å². The molecule has 1 aliphatic heterocycles. The van der Waals surface area contributed by atoms with Crippen LogP contribution in [-0.2, 0) is 15.0 Å². The van der Waals surface area contributed by atoms with Gasteiger partial charge < -0.3 is 9.64 Å². The quantitative estimate of drug-likeness (QED) is 0.751. The van der Waals surface area contributed by atoms with Crippen LogP contribution in [0, 0.1) is 13.8 Å². The standard InChI is InChI=1S/C17H27N3O4S/c1-14-11-15(2)13-16(12-14)24-10-5-17(21)19-6-8-20(9-7-19)25(22,23)18(3)4/h11-13H,5-10H2,1-4H3. The van der Waals surface area contributed by atoms with E-state index in [1.54, 1.807) is 4.90 Å². The number of hydrogen-bond donors (Lipinski definition) is 0. The van der Waals surface area contributed by atoms with E-state index in [9.17, 15) is 13.2 Å². The molecule has 1 saturated heterocycles. The van der Waals surface area contributed by atoms with E-state index >= 15 is 0 Å². The Hall–Kier alpha value is -1.64. The third-order valence-corrected chi connectivity index (χ3v) is 6.10. The highest BCUT2D eigenvalue weighted by Crippen LogP contribution is 2.16. The average Bonchev–Trinajstić information content (AvgIpc) is 2.53. The van der Waals surface area contributed by atoms with Gasteiger partial charge in [0, 0.05) is 40.3 Å². The lowest BCUT2D eigenvalue weighted by Crippen LogP contribution is -2.53. The molecule has 140 valence electrons. The van der Waals surface area contributed by atoms with Crippen LogP contribution in [0.25, 0.3) is 0 Å². The Morgan fingerprint density at radius 2 is 1.64 bits per heavy atom. The van der Waals surface area contributed by atoms with Crippen LogP contribution in [0.15, 0.2) is 18.2 Å². The lowest BCUT2D eigenvalue weighted by molar-refractivity contribution is -0.132. The number of nitrogens with zero attached hydrogens (tertiary/aromatic N) is 3. The first kappa shape index (κ1) is 19.7. The number of carbonyl (C=O) groups is 1. The predicted molar refractivity (Wildman–Crippen MR) is 96.8 cm³/mol. The maximum absolute atomic E-state index is 12.3. The van der Waals surface area contributed by atoms with E-state index in [0.717, 1.165) is 16.9 Å². The van der Waals surface area contributed by atoms with Gasteiger partial charge in [-0.2, -0.15) is 17.0 Å². The van der Waals surface area contributed by atoms with Crippen molar-refractivity contribution in [3.8, 4) is 5.75 Å². The SMILES string of the molecule is Cc1cc(C)cc(OCCC(=O)N2CCN(S(=O)(=O)N(C)C)CC2)c1. The lowest BCUT2D eigenvalue weighted by Gasteiger charge is -2.35. The molecule has 1 heterocycles. The summed E-state index contributed by atoms with van der Waals surface area (Å²) in [5.41, 5.74) is 2.25. The van der Waals surface area contributed by atoms with Crippen molar-refractivity contribution in [1.82, 2.24) is 13.5 Å². The minimum absolute atomic E-state index is 0.00808. The topological polar surface area (TPSA) is 70.2 Å². The molecule has 0 aliphatic carbocycles. The van der Waals surface area contributed by atoms with E-state index < -0.39 is 10.2 Å². The number of aryl methyl sites for hydroxylation is 2. The van der Waals surface area contributed by atoms with Gasteiger partial charge in [0.1, 0.15) is 5.75 Å². The van der Waals surface area contributed by atoms with E-state index in [4.69, 9.17) is 4.74 Å². The number of benzene rings is 1. The first-order valence-electron chi connectivity index (χ1n) is 8.36. The van der Waals surface area contributed by atoms with Gasteiger partial charge in [-0.1, -0.05) is 6.07 Å². The van der Waals surface area contributed by atoms with Gasteiger partial charge in [-0.25, -0.2) is 0 Å². The van der Waals surface area contributed by atoms with E-state index in [0.29, 0.717) is 32.8 Å². The zero-order chi connectivity index (χ0) is 18.6. The number of rotatable bonds is 6. The second-order valence-corrected chi connectivity index (χ2v) is 8.63. The van der Waals surface area contributed by atoms with Crippen LogP contribution < -0.4 is 4.74 Å². The summed E-state index contributed by atoms with van der Waals surface area (Å²) in [5, 5.41) is 0. The first-order valence-corrected chi connectivity index (χ1v) is 9.76. The fraction of sp³-hybridized carbons (Fsp3) is 0.588. The molecule has 25 heavy (non-hydrogen) atoms. The Bertz CT molecular complexity index is 690. The molecule has 1 aromatic carbocycles. The summed E-state index contributed by atoms with van der Waals surface area (Å²) < 4.78 is 32.4. The van der Waals surface area contributed by atoms with Gasteiger partial charge in [0.05, 0.1) is 13.0 Å². The molecule has 7 nitrogen and oxygen atoms in total. The zero-order valence-corrected chi connectivity index (χ0v) is 16.2. The minimum Gasteiger partial charge on any atom is -0.493 e. The fourth-order valence-corrected chi connectivity index (χ4v) is 3.92. The molecule has 1 aromatic rings. The van der Waals surface area contributed by atoms with E-state index in [2.05, 4.69) is 6.07 Å². The van der Waals surface area contributed by atoms with Crippen LogP contribution in [-0.4, -0.2) is 74.7 Å². The molecule has 1 aliphatic rings. The Balaban J connectivity index is 1.79. The molecule has 8 heteroatoms. The van der Waals surface area contributed by atoms with Crippen molar-refractivity contribution >= 4 is 16.1 Å². The van der Waals surface area contributed by atoms with Crippen molar-refractivity contribution in [3.05, 3.63) is 29.3 Å². The van der Waals surface area contributed by atoms with Crippen molar-refractivity contribution < 1.29 is 17.9 Å². The Labute approximate surface area is 150 Å². The van der Waals surface area contributed by atoms with Gasteiger partial charge in [0.15, 0.2) is 0 Å². The Morgan fingerprint density at radius 1 is 1.08 bits per heavy atom. The van der Waals surface area contributed by atoms with Crippen LogP contribution >= 0.6 is 0 Å². The van der Waals surface area contributed by atoms with Gasteiger partial charge in [0.2, 0.25) is 5.91 Å². The Morgan fingerprint density at radius 3 is 2.16 bits per heavy atom. The summed E-state index contributed by atoms with van der Waals surface area (Å²) >= 11 is 0. The molecule has 0 radical (unpaired) electrons. The maximum atomic E-state index is 12.3. The van der Waals surface area contributed by atoms with Gasteiger partial charge in [-0.05, 0) is 37.1 Å². The van der Waals surface area contributed by atoms with Crippen LogP contribution in [0.2, 0.25) is 0 Å². The molecule has 0 atom stereocenters. The average molecular weight is 369 g/mol. The first-order chi connectivity index (χ1) is 11.7. The van der Waals surface area contributed by atoms with Crippen molar-refractivity contribution in [3.63, 3.8) is 0 Å². The third kappa shape index (κ3) is 5.17. The largest absolute Gasteiger partial charge is 0.493 e. The van der Waals surface area contributed by atoms with Gasteiger partial charge in [-0.15, -0.1) is 0 Å². The van der Waals surface area contributed by atoms with Gasteiger partial charge >= 0.3 is 0 Å². The molecule has 0 N–H and O–H groups in total. The lowest BCUT2D eigenvalue weighted by atomic mass is 10.1. The Kier molecular flexibility index (Phi) is 6.42. The summed E-state index contributed by atoms with van der Waals surface area (Å²) in [6.45, 7) is 5.80. The summed E-state index contributed by atoms with van der Waals surface area (Å²) in [4.78, 5) is 14.0. The number of hydrogen-bond acceptors (Lipinski definition) is 4. The van der Waals surface area contributed by atoms with Crippen molar-refractivity contribution in [2.75, 3.05) is 46.9 Å². The molecule has 0 unspecified atom stereocenters. The summed E-state index contributed by atoms with van der Waals surface area (Å²) in [6, 6.07) is 5.96. The smallest absolute Gasteiger partial charge is 0.281 e. The van der Waals surface area contributed by atoms with Crippen LogP contribution in [0.3, 0.4) is 0 Å². The van der Waals surface area contributed by atoms with E-state index in [1.807, 2.05) is 26.0 Å². The predicted octanol–water partition coefficient (Wildman–Crippen LogP) is 1.02. The molecular formula is C17H27N3O4S. The van der Waals surface area contributed by atoms with E-state index in [1.165, 1.54) is 22.7 Å². The fourth-order valence-electron chi connectivity index (χ4n) is 2.83. The summed E-state index contributed by atoms with van der Waals surface area (Å²) in [5.74, 6) is 0.762. The maximum Gasteiger partial charge on any atom is 0.281 e. The third-order valence-electron chi connectivity index (χ3n) is 4.16. The summed E-state index contributed by atoms with van der Waals surface area (Å²) in [7, 11) is -0.384. The van der Waals surface area contributed by atoms with Crippen LogP contribution in [0.1, 0.15) is 17.5 Å². The second-order valence-electron chi connectivity index (χ2n) is 6.49. The van der Waals surface area contributed by atoms with Crippen LogP contribution in [0.4, 0.5) is 0 Å². The molecule has 0 saturated carbocycles.